The molecule has 3 N–H and O–H groups in total. The Morgan fingerprint density at radius 1 is 1.28 bits per heavy atom. The molecule has 100 valence electrons. The van der Waals surface area contributed by atoms with Crippen LogP contribution in [-0.4, -0.2) is 34.9 Å². The molecule has 1 amide bonds. The zero-order chi connectivity index (χ0) is 13.6. The van der Waals surface area contributed by atoms with Crippen molar-refractivity contribution in [1.29, 1.82) is 0 Å². The lowest BCUT2D eigenvalue weighted by Crippen LogP contribution is -2.54. The van der Waals surface area contributed by atoms with Gasteiger partial charge >= 0.3 is 0 Å². The number of hydrogen-bond acceptors (Lipinski definition) is 3. The van der Waals surface area contributed by atoms with Crippen LogP contribution in [0.5, 0.6) is 0 Å². The molecule has 0 spiro atoms. The van der Waals surface area contributed by atoms with Gasteiger partial charge in [-0.05, 0) is 30.7 Å². The highest BCUT2D eigenvalue weighted by molar-refractivity contribution is 9.10. The van der Waals surface area contributed by atoms with Gasteiger partial charge in [0.15, 0.2) is 0 Å². The number of aliphatic hydroxyl groups is 2. The normalized spacial score (nSPS) is 11.3. The van der Waals surface area contributed by atoms with Crippen molar-refractivity contribution in [3.8, 4) is 0 Å². The molecule has 18 heavy (non-hydrogen) atoms. The summed E-state index contributed by atoms with van der Waals surface area (Å²) in [5.41, 5.74) is -0.445. The summed E-state index contributed by atoms with van der Waals surface area (Å²) in [4.78, 5) is 12.0. The number of halogens is 1. The first-order valence-corrected chi connectivity index (χ1v) is 6.66. The molecule has 0 radical (unpaired) electrons. The summed E-state index contributed by atoms with van der Waals surface area (Å²) in [7, 11) is 0. The number of nitrogens with one attached hydrogen (secondary N) is 1. The Labute approximate surface area is 115 Å². The molecule has 0 bridgehead atoms. The molecule has 1 aromatic rings. The lowest BCUT2D eigenvalue weighted by Gasteiger charge is -2.30. The second-order valence-corrected chi connectivity index (χ2v) is 5.22. The fraction of sp³-hybridized carbons (Fsp3) is 0.462. The van der Waals surface area contributed by atoms with Crippen LogP contribution in [0.3, 0.4) is 0 Å². The Morgan fingerprint density at radius 2 is 1.83 bits per heavy atom. The summed E-state index contributed by atoms with van der Waals surface area (Å²) in [5.74, 6) is -0.293. The lowest BCUT2D eigenvalue weighted by molar-refractivity contribution is 0.0632. The Balaban J connectivity index is 2.81. The summed E-state index contributed by atoms with van der Waals surface area (Å²) in [6.07, 6.45) is 1.30. The van der Waals surface area contributed by atoms with E-state index in [1.54, 1.807) is 24.3 Å². The molecular formula is C13H18BrNO3. The molecule has 5 heteroatoms. The van der Waals surface area contributed by atoms with E-state index in [1.165, 1.54) is 0 Å². The minimum Gasteiger partial charge on any atom is -0.394 e. The Morgan fingerprint density at radius 3 is 2.28 bits per heavy atom. The molecule has 0 aliphatic heterocycles. The first kappa shape index (κ1) is 15.1. The molecular weight excluding hydrogens is 298 g/mol. The molecule has 1 aromatic carbocycles. The van der Waals surface area contributed by atoms with Crippen molar-refractivity contribution in [2.24, 2.45) is 0 Å². The van der Waals surface area contributed by atoms with Crippen LogP contribution in [0.15, 0.2) is 28.7 Å². The number of carbonyl (C=O) groups excluding carboxylic acids is 1. The fourth-order valence-corrected chi connectivity index (χ4v) is 2.01. The van der Waals surface area contributed by atoms with Gasteiger partial charge in [0.25, 0.3) is 5.91 Å². The quantitative estimate of drug-likeness (QED) is 0.748. The van der Waals surface area contributed by atoms with E-state index in [-0.39, 0.29) is 19.1 Å². The zero-order valence-electron chi connectivity index (χ0n) is 10.3. The van der Waals surface area contributed by atoms with Gasteiger partial charge in [0.1, 0.15) is 0 Å². The largest absolute Gasteiger partial charge is 0.394 e. The van der Waals surface area contributed by atoms with E-state index in [0.29, 0.717) is 12.0 Å². The number of aliphatic hydroxyl groups excluding tert-OH is 2. The lowest BCUT2D eigenvalue weighted by atomic mass is 9.95. The van der Waals surface area contributed by atoms with Crippen LogP contribution in [0.1, 0.15) is 30.1 Å². The van der Waals surface area contributed by atoms with Gasteiger partial charge in [0.2, 0.25) is 0 Å². The minimum absolute atomic E-state index is 0.278. The SMILES string of the molecule is CCCC(CO)(CO)NC(=O)c1ccc(Br)cc1. The number of carbonyl (C=O) groups is 1. The van der Waals surface area contributed by atoms with E-state index in [4.69, 9.17) is 0 Å². The monoisotopic (exact) mass is 315 g/mol. The maximum absolute atomic E-state index is 12.0. The maximum atomic E-state index is 12.0. The van der Waals surface area contributed by atoms with Crippen molar-refractivity contribution >= 4 is 21.8 Å². The van der Waals surface area contributed by atoms with Crippen molar-refractivity contribution in [3.05, 3.63) is 34.3 Å². The van der Waals surface area contributed by atoms with Gasteiger partial charge in [-0.1, -0.05) is 29.3 Å². The van der Waals surface area contributed by atoms with Crippen molar-refractivity contribution in [1.82, 2.24) is 5.32 Å². The van der Waals surface area contributed by atoms with E-state index in [1.807, 2.05) is 6.92 Å². The maximum Gasteiger partial charge on any atom is 0.251 e. The Bertz CT molecular complexity index is 388. The third-order valence-corrected chi connectivity index (χ3v) is 3.35. The van der Waals surface area contributed by atoms with Gasteiger partial charge in [-0.2, -0.15) is 0 Å². The average molecular weight is 316 g/mol. The van der Waals surface area contributed by atoms with Gasteiger partial charge in [-0.15, -0.1) is 0 Å². The molecule has 0 unspecified atom stereocenters. The highest BCUT2D eigenvalue weighted by Gasteiger charge is 2.29. The molecule has 0 heterocycles. The summed E-state index contributed by atoms with van der Waals surface area (Å²) in [6.45, 7) is 1.38. The van der Waals surface area contributed by atoms with Crippen LogP contribution >= 0.6 is 15.9 Å². The third kappa shape index (κ3) is 3.80. The summed E-state index contributed by atoms with van der Waals surface area (Å²) < 4.78 is 0.892. The van der Waals surface area contributed by atoms with Crippen LogP contribution < -0.4 is 5.32 Å². The van der Waals surface area contributed by atoms with Crippen molar-refractivity contribution in [2.75, 3.05) is 13.2 Å². The van der Waals surface area contributed by atoms with Crippen LogP contribution in [0.2, 0.25) is 0 Å². The van der Waals surface area contributed by atoms with Crippen LogP contribution in [0.25, 0.3) is 0 Å². The van der Waals surface area contributed by atoms with E-state index < -0.39 is 5.54 Å². The average Bonchev–Trinajstić information content (AvgIpc) is 2.38. The predicted octanol–water partition coefficient (Wildman–Crippen LogP) is 1.70. The van der Waals surface area contributed by atoms with Gasteiger partial charge in [-0.25, -0.2) is 0 Å². The Hall–Kier alpha value is -0.910. The molecule has 0 aromatic heterocycles. The standard InChI is InChI=1S/C13H18BrNO3/c1-2-7-13(8-16,9-17)15-12(18)10-3-5-11(14)6-4-10/h3-6,16-17H,2,7-9H2,1H3,(H,15,18). The predicted molar refractivity (Wildman–Crippen MR) is 73.4 cm³/mol. The molecule has 0 atom stereocenters. The number of rotatable bonds is 6. The zero-order valence-corrected chi connectivity index (χ0v) is 11.9. The summed E-state index contributed by atoms with van der Waals surface area (Å²) in [5, 5.41) is 21.4. The first-order chi connectivity index (χ1) is 8.56. The van der Waals surface area contributed by atoms with Crippen LogP contribution in [0.4, 0.5) is 0 Å². The highest BCUT2D eigenvalue weighted by Crippen LogP contribution is 2.15. The highest BCUT2D eigenvalue weighted by atomic mass is 79.9. The van der Waals surface area contributed by atoms with Crippen LogP contribution in [0, 0.1) is 0 Å². The number of amides is 1. The molecule has 4 nitrogen and oxygen atoms in total. The Kier molecular flexibility index (Phi) is 5.78. The van der Waals surface area contributed by atoms with Crippen molar-refractivity contribution in [3.63, 3.8) is 0 Å². The van der Waals surface area contributed by atoms with E-state index in [2.05, 4.69) is 21.2 Å². The van der Waals surface area contributed by atoms with E-state index in [9.17, 15) is 15.0 Å². The van der Waals surface area contributed by atoms with E-state index >= 15 is 0 Å². The second kappa shape index (κ2) is 6.87. The molecule has 1 rings (SSSR count). The molecule has 0 aliphatic carbocycles. The summed E-state index contributed by atoms with van der Waals surface area (Å²) >= 11 is 3.30. The van der Waals surface area contributed by atoms with Gasteiger partial charge < -0.3 is 15.5 Å². The smallest absolute Gasteiger partial charge is 0.251 e. The van der Waals surface area contributed by atoms with Crippen LogP contribution in [-0.2, 0) is 0 Å². The topological polar surface area (TPSA) is 69.6 Å². The summed E-state index contributed by atoms with van der Waals surface area (Å²) in [6, 6.07) is 6.92. The number of benzene rings is 1. The van der Waals surface area contributed by atoms with Crippen molar-refractivity contribution < 1.29 is 15.0 Å². The van der Waals surface area contributed by atoms with Gasteiger partial charge in [0, 0.05) is 10.0 Å². The minimum atomic E-state index is -0.946. The van der Waals surface area contributed by atoms with Gasteiger partial charge in [0.05, 0.1) is 18.8 Å². The fourth-order valence-electron chi connectivity index (χ4n) is 1.74. The first-order valence-electron chi connectivity index (χ1n) is 5.86. The number of hydrogen-bond donors (Lipinski definition) is 3. The van der Waals surface area contributed by atoms with Gasteiger partial charge in [-0.3, -0.25) is 4.79 Å². The van der Waals surface area contributed by atoms with E-state index in [0.717, 1.165) is 10.9 Å². The molecule has 0 fully saturated rings. The third-order valence-electron chi connectivity index (χ3n) is 2.82. The molecule has 0 saturated heterocycles. The molecule has 0 aliphatic rings. The molecule has 0 saturated carbocycles. The second-order valence-electron chi connectivity index (χ2n) is 4.31. The van der Waals surface area contributed by atoms with Crippen molar-refractivity contribution in [2.45, 2.75) is 25.3 Å².